The minimum atomic E-state index is 0.575. The van der Waals surface area contributed by atoms with Gasteiger partial charge in [0.25, 0.3) is 0 Å². The zero-order valence-corrected chi connectivity index (χ0v) is 9.43. The molecule has 1 aliphatic heterocycles. The van der Waals surface area contributed by atoms with Crippen LogP contribution in [0.4, 0.5) is 0 Å². The molecule has 0 radical (unpaired) electrons. The van der Waals surface area contributed by atoms with Gasteiger partial charge in [-0.25, -0.2) is 0 Å². The van der Waals surface area contributed by atoms with E-state index in [2.05, 4.69) is 0 Å². The Hall–Kier alpha value is -0.930. The Morgan fingerprint density at radius 3 is 3.07 bits per heavy atom. The van der Waals surface area contributed by atoms with Crippen LogP contribution in [0, 0.1) is 0 Å². The van der Waals surface area contributed by atoms with Gasteiger partial charge in [-0.2, -0.15) is 0 Å². The Labute approximate surface area is 94.1 Å². The molecule has 0 fully saturated rings. The first-order chi connectivity index (χ1) is 7.27. The maximum atomic E-state index is 6.16. The number of nitrogens with two attached hydrogens (primary N) is 1. The molecular weight excluding hydrogens is 214 g/mol. The fourth-order valence-corrected chi connectivity index (χ4v) is 2.21. The van der Waals surface area contributed by atoms with Crippen molar-refractivity contribution in [3.05, 3.63) is 22.2 Å². The molecule has 1 heterocycles. The van der Waals surface area contributed by atoms with Crippen LogP contribution >= 0.6 is 11.6 Å². The number of halogens is 1. The predicted octanol–water partition coefficient (Wildman–Crippen LogP) is 1.78. The summed E-state index contributed by atoms with van der Waals surface area (Å²) in [5.41, 5.74) is 7.61. The minimum Gasteiger partial charge on any atom is -0.493 e. The molecular formula is C11H14ClNO2. The average molecular weight is 228 g/mol. The Morgan fingerprint density at radius 1 is 1.60 bits per heavy atom. The number of fused-ring (bicyclic) bond motifs is 1. The van der Waals surface area contributed by atoms with Crippen LogP contribution in [0.1, 0.15) is 11.1 Å². The van der Waals surface area contributed by atoms with E-state index in [4.69, 9.17) is 26.8 Å². The number of methoxy groups -OCH3 is 1. The van der Waals surface area contributed by atoms with Crippen LogP contribution in [0.5, 0.6) is 11.5 Å². The van der Waals surface area contributed by atoms with E-state index >= 15 is 0 Å². The quantitative estimate of drug-likeness (QED) is 0.856. The standard InChI is InChI=1S/C11H14ClNO2/c1-14-10-7(2-4-13)6-9(12)8-3-5-15-11(8)10/h6H,2-5,13H2,1H3. The van der Waals surface area contributed by atoms with Crippen LogP contribution in [-0.2, 0) is 12.8 Å². The van der Waals surface area contributed by atoms with Gasteiger partial charge in [-0.05, 0) is 19.0 Å². The number of ether oxygens (including phenoxy) is 2. The average Bonchev–Trinajstić information content (AvgIpc) is 2.68. The summed E-state index contributed by atoms with van der Waals surface area (Å²) >= 11 is 6.16. The van der Waals surface area contributed by atoms with Crippen molar-refractivity contribution >= 4 is 11.6 Å². The van der Waals surface area contributed by atoms with Crippen LogP contribution in [0.2, 0.25) is 5.02 Å². The van der Waals surface area contributed by atoms with E-state index in [1.54, 1.807) is 7.11 Å². The van der Waals surface area contributed by atoms with E-state index in [1.807, 2.05) is 6.07 Å². The molecule has 0 saturated heterocycles. The molecule has 2 rings (SSSR count). The third-order valence-corrected chi connectivity index (χ3v) is 2.91. The Kier molecular flexibility index (Phi) is 3.03. The van der Waals surface area contributed by atoms with Gasteiger partial charge in [0.15, 0.2) is 11.5 Å². The fraction of sp³-hybridized carbons (Fsp3) is 0.455. The van der Waals surface area contributed by atoms with E-state index in [1.165, 1.54) is 0 Å². The van der Waals surface area contributed by atoms with Crippen LogP contribution in [0.25, 0.3) is 0 Å². The van der Waals surface area contributed by atoms with Gasteiger partial charge < -0.3 is 15.2 Å². The topological polar surface area (TPSA) is 44.5 Å². The van der Waals surface area contributed by atoms with Crippen LogP contribution in [0.3, 0.4) is 0 Å². The maximum absolute atomic E-state index is 6.16. The van der Waals surface area contributed by atoms with E-state index in [9.17, 15) is 0 Å². The molecule has 4 heteroatoms. The monoisotopic (exact) mass is 227 g/mol. The van der Waals surface area contributed by atoms with E-state index in [0.29, 0.717) is 13.2 Å². The molecule has 1 aliphatic rings. The third-order valence-electron chi connectivity index (χ3n) is 2.58. The number of benzene rings is 1. The third kappa shape index (κ3) is 1.77. The molecule has 0 aromatic heterocycles. The van der Waals surface area contributed by atoms with Gasteiger partial charge in [-0.3, -0.25) is 0 Å². The highest BCUT2D eigenvalue weighted by Gasteiger charge is 2.23. The van der Waals surface area contributed by atoms with E-state index in [-0.39, 0.29) is 0 Å². The Balaban J connectivity index is 2.52. The van der Waals surface area contributed by atoms with Crippen molar-refractivity contribution in [1.82, 2.24) is 0 Å². The Morgan fingerprint density at radius 2 is 2.40 bits per heavy atom. The largest absolute Gasteiger partial charge is 0.493 e. The van der Waals surface area contributed by atoms with Gasteiger partial charge in [-0.15, -0.1) is 0 Å². The van der Waals surface area contributed by atoms with Crippen LogP contribution in [0.15, 0.2) is 6.07 Å². The van der Waals surface area contributed by atoms with Crippen LogP contribution < -0.4 is 15.2 Å². The van der Waals surface area contributed by atoms with Gasteiger partial charge in [0.05, 0.1) is 13.7 Å². The van der Waals surface area contributed by atoms with Gasteiger partial charge in [-0.1, -0.05) is 11.6 Å². The SMILES string of the molecule is COc1c(CCN)cc(Cl)c2c1OCC2. The first-order valence-electron chi connectivity index (χ1n) is 4.99. The molecule has 3 nitrogen and oxygen atoms in total. The summed E-state index contributed by atoms with van der Waals surface area (Å²) in [6.45, 7) is 1.25. The molecule has 82 valence electrons. The Bertz CT molecular complexity index is 379. The molecule has 0 saturated carbocycles. The molecule has 1 aromatic rings. The van der Waals surface area contributed by atoms with E-state index in [0.717, 1.165) is 40.5 Å². The van der Waals surface area contributed by atoms with Crippen molar-refractivity contribution in [3.8, 4) is 11.5 Å². The highest BCUT2D eigenvalue weighted by atomic mass is 35.5. The van der Waals surface area contributed by atoms with Gasteiger partial charge in [0.1, 0.15) is 0 Å². The second kappa shape index (κ2) is 4.29. The summed E-state index contributed by atoms with van der Waals surface area (Å²) in [5, 5.41) is 0.756. The highest BCUT2D eigenvalue weighted by Crippen LogP contribution is 2.42. The molecule has 1 aromatic carbocycles. The van der Waals surface area contributed by atoms with Gasteiger partial charge in [0, 0.05) is 22.6 Å². The molecule has 0 amide bonds. The van der Waals surface area contributed by atoms with Crippen molar-refractivity contribution in [1.29, 1.82) is 0 Å². The minimum absolute atomic E-state index is 0.575. The lowest BCUT2D eigenvalue weighted by molar-refractivity contribution is 0.324. The molecule has 0 bridgehead atoms. The first-order valence-corrected chi connectivity index (χ1v) is 5.36. The molecule has 0 atom stereocenters. The first kappa shape index (κ1) is 10.6. The lowest BCUT2D eigenvalue weighted by atomic mass is 10.1. The lowest BCUT2D eigenvalue weighted by Gasteiger charge is -2.13. The molecule has 0 spiro atoms. The van der Waals surface area contributed by atoms with Gasteiger partial charge >= 0.3 is 0 Å². The summed E-state index contributed by atoms with van der Waals surface area (Å²) in [6.07, 6.45) is 1.60. The number of hydrogen-bond acceptors (Lipinski definition) is 3. The lowest BCUT2D eigenvalue weighted by Crippen LogP contribution is -2.05. The second-order valence-corrected chi connectivity index (χ2v) is 3.90. The predicted molar refractivity (Wildman–Crippen MR) is 60.0 cm³/mol. The van der Waals surface area contributed by atoms with Crippen molar-refractivity contribution in [2.45, 2.75) is 12.8 Å². The van der Waals surface area contributed by atoms with Crippen molar-refractivity contribution in [2.75, 3.05) is 20.3 Å². The summed E-state index contributed by atoms with van der Waals surface area (Å²) in [5.74, 6) is 1.59. The summed E-state index contributed by atoms with van der Waals surface area (Å²) in [7, 11) is 1.64. The van der Waals surface area contributed by atoms with Gasteiger partial charge in [0.2, 0.25) is 0 Å². The summed E-state index contributed by atoms with van der Waals surface area (Å²) in [4.78, 5) is 0. The number of hydrogen-bond donors (Lipinski definition) is 1. The van der Waals surface area contributed by atoms with Crippen LogP contribution in [-0.4, -0.2) is 20.3 Å². The smallest absolute Gasteiger partial charge is 0.166 e. The van der Waals surface area contributed by atoms with Crippen molar-refractivity contribution in [2.24, 2.45) is 5.73 Å². The molecule has 0 unspecified atom stereocenters. The zero-order chi connectivity index (χ0) is 10.8. The highest BCUT2D eigenvalue weighted by molar-refractivity contribution is 6.31. The van der Waals surface area contributed by atoms with E-state index < -0.39 is 0 Å². The van der Waals surface area contributed by atoms with Crippen molar-refractivity contribution in [3.63, 3.8) is 0 Å². The maximum Gasteiger partial charge on any atom is 0.166 e. The van der Waals surface area contributed by atoms with Crippen molar-refractivity contribution < 1.29 is 9.47 Å². The fourth-order valence-electron chi connectivity index (χ4n) is 1.90. The zero-order valence-electron chi connectivity index (χ0n) is 8.68. The normalized spacial score (nSPS) is 13.5. The number of rotatable bonds is 3. The molecule has 2 N–H and O–H groups in total. The summed E-state index contributed by atoms with van der Waals surface area (Å²) in [6, 6.07) is 1.93. The molecule has 0 aliphatic carbocycles. The second-order valence-electron chi connectivity index (χ2n) is 3.50. The molecule has 15 heavy (non-hydrogen) atoms. The summed E-state index contributed by atoms with van der Waals surface area (Å²) < 4.78 is 10.9.